The highest BCUT2D eigenvalue weighted by atomic mass is 16.5. The van der Waals surface area contributed by atoms with Crippen LogP contribution in [0.4, 0.5) is 0 Å². The molecule has 4 nitrogen and oxygen atoms in total. The highest BCUT2D eigenvalue weighted by molar-refractivity contribution is 5.21. The number of hydrogen-bond donors (Lipinski definition) is 1. The van der Waals surface area contributed by atoms with E-state index in [0.717, 1.165) is 24.0 Å². The maximum absolute atomic E-state index is 5.73. The third-order valence-corrected chi connectivity index (χ3v) is 3.11. The van der Waals surface area contributed by atoms with Crippen molar-refractivity contribution in [1.29, 1.82) is 0 Å². The standard InChI is InChI=1S/C13H21N3O/c1-10(14)13-6-5-12(9-15-13)17-8-7-16(2)11-3-4-11/h5-6,9-11H,3-4,7-8,14H2,1-2H3/t10-/m1/s1. The lowest BCUT2D eigenvalue weighted by molar-refractivity contribution is 0.231. The van der Waals surface area contributed by atoms with E-state index in [1.807, 2.05) is 19.1 Å². The van der Waals surface area contributed by atoms with Gasteiger partial charge in [-0.05, 0) is 38.9 Å². The van der Waals surface area contributed by atoms with Gasteiger partial charge >= 0.3 is 0 Å². The second-order valence-electron chi connectivity index (χ2n) is 4.77. The third-order valence-electron chi connectivity index (χ3n) is 3.11. The lowest BCUT2D eigenvalue weighted by Gasteiger charge is -2.15. The summed E-state index contributed by atoms with van der Waals surface area (Å²) in [4.78, 5) is 6.61. The molecule has 17 heavy (non-hydrogen) atoms. The molecule has 0 radical (unpaired) electrons. The molecular formula is C13H21N3O. The molecule has 0 saturated heterocycles. The van der Waals surface area contributed by atoms with E-state index in [1.165, 1.54) is 12.8 Å². The number of nitrogens with zero attached hydrogens (tertiary/aromatic N) is 2. The van der Waals surface area contributed by atoms with E-state index in [1.54, 1.807) is 6.20 Å². The summed E-state index contributed by atoms with van der Waals surface area (Å²) in [6, 6.07) is 4.62. The van der Waals surface area contributed by atoms with Crippen molar-refractivity contribution >= 4 is 0 Å². The Morgan fingerprint density at radius 3 is 2.82 bits per heavy atom. The summed E-state index contributed by atoms with van der Waals surface area (Å²) in [7, 11) is 2.15. The number of hydrogen-bond acceptors (Lipinski definition) is 4. The van der Waals surface area contributed by atoms with Gasteiger partial charge < -0.3 is 15.4 Å². The van der Waals surface area contributed by atoms with Gasteiger partial charge in [-0.15, -0.1) is 0 Å². The molecule has 0 spiro atoms. The molecule has 0 bridgehead atoms. The second-order valence-corrected chi connectivity index (χ2v) is 4.77. The van der Waals surface area contributed by atoms with E-state index in [9.17, 15) is 0 Å². The van der Waals surface area contributed by atoms with Crippen LogP contribution in [0.1, 0.15) is 31.5 Å². The van der Waals surface area contributed by atoms with E-state index < -0.39 is 0 Å². The minimum absolute atomic E-state index is 0.0231. The third kappa shape index (κ3) is 3.68. The summed E-state index contributed by atoms with van der Waals surface area (Å²) in [5.41, 5.74) is 6.63. The van der Waals surface area contributed by atoms with Crippen molar-refractivity contribution in [3.8, 4) is 5.75 Å². The summed E-state index contributed by atoms with van der Waals surface area (Å²) < 4.78 is 5.64. The SMILES string of the molecule is C[C@@H](N)c1ccc(OCCN(C)C2CC2)cn1. The zero-order valence-electron chi connectivity index (χ0n) is 10.6. The van der Waals surface area contributed by atoms with Gasteiger partial charge in [-0.1, -0.05) is 0 Å². The first-order valence-electron chi connectivity index (χ1n) is 6.21. The van der Waals surface area contributed by atoms with Crippen LogP contribution >= 0.6 is 0 Å². The van der Waals surface area contributed by atoms with Crippen molar-refractivity contribution < 1.29 is 4.74 Å². The Balaban J connectivity index is 1.74. The Bertz CT molecular complexity index is 346. The molecule has 2 N–H and O–H groups in total. The number of likely N-dealkylation sites (N-methyl/N-ethyl adjacent to an activating group) is 1. The Kier molecular flexibility index (Phi) is 3.97. The highest BCUT2D eigenvalue weighted by Crippen LogP contribution is 2.24. The predicted molar refractivity (Wildman–Crippen MR) is 68.0 cm³/mol. The summed E-state index contributed by atoms with van der Waals surface area (Å²) in [5.74, 6) is 0.818. The van der Waals surface area contributed by atoms with Crippen LogP contribution in [0.15, 0.2) is 18.3 Å². The van der Waals surface area contributed by atoms with E-state index in [4.69, 9.17) is 10.5 Å². The molecule has 1 aromatic rings. The zero-order chi connectivity index (χ0) is 12.3. The molecule has 1 atom stereocenters. The number of pyridine rings is 1. The summed E-state index contributed by atoms with van der Waals surface area (Å²) >= 11 is 0. The minimum Gasteiger partial charge on any atom is -0.491 e. The van der Waals surface area contributed by atoms with Gasteiger partial charge in [-0.2, -0.15) is 0 Å². The van der Waals surface area contributed by atoms with Crippen molar-refractivity contribution in [2.24, 2.45) is 5.73 Å². The van der Waals surface area contributed by atoms with Crippen LogP contribution in [0.25, 0.3) is 0 Å². The Morgan fingerprint density at radius 2 is 2.29 bits per heavy atom. The first-order valence-corrected chi connectivity index (χ1v) is 6.21. The minimum atomic E-state index is -0.0231. The van der Waals surface area contributed by atoms with Crippen LogP contribution in [0.3, 0.4) is 0 Å². The van der Waals surface area contributed by atoms with Crippen LogP contribution < -0.4 is 10.5 Å². The Hall–Kier alpha value is -1.13. The van der Waals surface area contributed by atoms with Crippen molar-refractivity contribution in [1.82, 2.24) is 9.88 Å². The fourth-order valence-electron chi connectivity index (χ4n) is 1.75. The molecule has 4 heteroatoms. The molecule has 1 aliphatic carbocycles. The van der Waals surface area contributed by atoms with E-state index in [-0.39, 0.29) is 6.04 Å². The smallest absolute Gasteiger partial charge is 0.137 e. The Labute approximate surface area is 103 Å². The highest BCUT2D eigenvalue weighted by Gasteiger charge is 2.25. The topological polar surface area (TPSA) is 51.4 Å². The molecule has 0 unspecified atom stereocenters. The number of rotatable bonds is 6. The van der Waals surface area contributed by atoms with Crippen molar-refractivity contribution in [3.05, 3.63) is 24.0 Å². The molecule has 0 aromatic carbocycles. The first-order chi connectivity index (χ1) is 8.16. The molecule has 1 heterocycles. The van der Waals surface area contributed by atoms with Gasteiger partial charge in [-0.25, -0.2) is 0 Å². The maximum atomic E-state index is 5.73. The maximum Gasteiger partial charge on any atom is 0.137 e. The molecule has 0 aliphatic heterocycles. The van der Waals surface area contributed by atoms with Crippen LogP contribution in [0.5, 0.6) is 5.75 Å². The quantitative estimate of drug-likeness (QED) is 0.813. The average Bonchev–Trinajstić information content (AvgIpc) is 3.13. The van der Waals surface area contributed by atoms with Crippen molar-refractivity contribution in [2.45, 2.75) is 31.8 Å². The van der Waals surface area contributed by atoms with E-state index in [2.05, 4.69) is 16.9 Å². The molecule has 2 rings (SSSR count). The number of ether oxygens (including phenoxy) is 1. The fourth-order valence-corrected chi connectivity index (χ4v) is 1.75. The zero-order valence-corrected chi connectivity index (χ0v) is 10.6. The molecule has 0 amide bonds. The first kappa shape index (κ1) is 12.3. The van der Waals surface area contributed by atoms with Crippen LogP contribution in [-0.2, 0) is 0 Å². The lowest BCUT2D eigenvalue weighted by Crippen LogP contribution is -2.26. The number of aromatic nitrogens is 1. The summed E-state index contributed by atoms with van der Waals surface area (Å²) in [6.07, 6.45) is 4.41. The molecule has 1 saturated carbocycles. The van der Waals surface area contributed by atoms with Gasteiger partial charge in [0.2, 0.25) is 0 Å². The Morgan fingerprint density at radius 1 is 1.53 bits per heavy atom. The van der Waals surface area contributed by atoms with Gasteiger partial charge in [0.25, 0.3) is 0 Å². The fraction of sp³-hybridized carbons (Fsp3) is 0.615. The second kappa shape index (κ2) is 5.47. The van der Waals surface area contributed by atoms with Gasteiger partial charge in [0.1, 0.15) is 12.4 Å². The normalized spacial score (nSPS) is 17.2. The summed E-state index contributed by atoms with van der Waals surface area (Å²) in [6.45, 7) is 3.61. The van der Waals surface area contributed by atoms with Gasteiger partial charge in [0.05, 0.1) is 11.9 Å². The number of nitrogens with two attached hydrogens (primary N) is 1. The molecule has 1 aromatic heterocycles. The average molecular weight is 235 g/mol. The predicted octanol–water partition coefficient (Wildman–Crippen LogP) is 1.57. The molecule has 1 aliphatic rings. The van der Waals surface area contributed by atoms with Gasteiger partial charge in [0.15, 0.2) is 0 Å². The van der Waals surface area contributed by atoms with Gasteiger partial charge in [-0.3, -0.25) is 4.98 Å². The summed E-state index contributed by atoms with van der Waals surface area (Å²) in [5, 5.41) is 0. The largest absolute Gasteiger partial charge is 0.491 e. The van der Waals surface area contributed by atoms with E-state index >= 15 is 0 Å². The van der Waals surface area contributed by atoms with Crippen molar-refractivity contribution in [3.63, 3.8) is 0 Å². The van der Waals surface area contributed by atoms with E-state index in [0.29, 0.717) is 6.61 Å². The van der Waals surface area contributed by atoms with Crippen LogP contribution in [0.2, 0.25) is 0 Å². The van der Waals surface area contributed by atoms with Crippen molar-refractivity contribution in [2.75, 3.05) is 20.2 Å². The lowest BCUT2D eigenvalue weighted by atomic mass is 10.2. The molecule has 1 fully saturated rings. The van der Waals surface area contributed by atoms with Gasteiger partial charge in [0, 0.05) is 18.6 Å². The molecule has 94 valence electrons. The van der Waals surface area contributed by atoms with Crippen LogP contribution in [0, 0.1) is 0 Å². The van der Waals surface area contributed by atoms with Crippen LogP contribution in [-0.4, -0.2) is 36.1 Å². The molecular weight excluding hydrogens is 214 g/mol. The monoisotopic (exact) mass is 235 g/mol.